The van der Waals surface area contributed by atoms with Gasteiger partial charge in [0.25, 0.3) is 0 Å². The Balaban J connectivity index is 0.00000144. The van der Waals surface area contributed by atoms with Crippen molar-refractivity contribution in [2.24, 2.45) is 5.73 Å². The highest BCUT2D eigenvalue weighted by Crippen LogP contribution is 2.23. The number of nitrogens with two attached hydrogens (primary N) is 1. The van der Waals surface area contributed by atoms with Crippen molar-refractivity contribution in [3.05, 3.63) is 22.4 Å². The molecule has 0 saturated carbocycles. The molecule has 0 aliphatic carbocycles. The van der Waals surface area contributed by atoms with Crippen molar-refractivity contribution in [1.82, 2.24) is 0 Å². The number of esters is 1. The van der Waals surface area contributed by atoms with E-state index in [2.05, 4.69) is 4.74 Å². The maximum Gasteiger partial charge on any atom is 0.331 e. The summed E-state index contributed by atoms with van der Waals surface area (Å²) >= 11 is 1.45. The molecule has 1 aromatic heterocycles. The van der Waals surface area contributed by atoms with E-state index in [1.807, 2.05) is 17.5 Å². The molecule has 13 heavy (non-hydrogen) atoms. The molecule has 0 aliphatic rings. The zero-order valence-electron chi connectivity index (χ0n) is 7.44. The van der Waals surface area contributed by atoms with Gasteiger partial charge in [-0.05, 0) is 18.4 Å². The molecule has 0 aliphatic heterocycles. The van der Waals surface area contributed by atoms with Gasteiger partial charge in [0.15, 0.2) is 0 Å². The lowest BCUT2D eigenvalue weighted by Crippen LogP contribution is -2.41. The van der Waals surface area contributed by atoms with Crippen LogP contribution in [0.3, 0.4) is 0 Å². The number of ether oxygens (including phenoxy) is 1. The normalized spacial score (nSPS) is 14.1. The van der Waals surface area contributed by atoms with Crippen LogP contribution in [0.4, 0.5) is 0 Å². The molecule has 1 unspecified atom stereocenters. The third-order valence-electron chi connectivity index (χ3n) is 1.64. The summed E-state index contributed by atoms with van der Waals surface area (Å²) in [6, 6.07) is 3.68. The summed E-state index contributed by atoms with van der Waals surface area (Å²) in [4.78, 5) is 12.0. The first-order valence-corrected chi connectivity index (χ1v) is 4.38. The standard InChI is InChI=1S/C8H11NO2S.ClH/c1-8(9,7(10)11-2)6-4-3-5-12-6;/h3-5H,9H2,1-2H3;1H. The lowest BCUT2D eigenvalue weighted by molar-refractivity contribution is -0.146. The van der Waals surface area contributed by atoms with Gasteiger partial charge in [0, 0.05) is 4.88 Å². The van der Waals surface area contributed by atoms with Gasteiger partial charge in [0.2, 0.25) is 0 Å². The Bertz CT molecular complexity index is 272. The van der Waals surface area contributed by atoms with Crippen LogP contribution in [0.25, 0.3) is 0 Å². The molecule has 0 bridgehead atoms. The second-order valence-corrected chi connectivity index (χ2v) is 3.62. The SMILES string of the molecule is COC(=O)C(C)(N)c1cccs1.Cl. The van der Waals surface area contributed by atoms with E-state index in [1.54, 1.807) is 6.92 Å². The first kappa shape index (κ1) is 12.4. The predicted molar refractivity (Wildman–Crippen MR) is 55.1 cm³/mol. The lowest BCUT2D eigenvalue weighted by atomic mass is 10.0. The van der Waals surface area contributed by atoms with Crippen LogP contribution in [0.2, 0.25) is 0 Å². The number of halogens is 1. The van der Waals surface area contributed by atoms with Crippen LogP contribution in [-0.2, 0) is 15.1 Å². The molecule has 1 aromatic rings. The van der Waals surface area contributed by atoms with E-state index in [0.717, 1.165) is 4.88 Å². The molecule has 0 radical (unpaired) electrons. The molecule has 0 fully saturated rings. The van der Waals surface area contributed by atoms with Crippen LogP contribution in [0.15, 0.2) is 17.5 Å². The minimum absolute atomic E-state index is 0. The van der Waals surface area contributed by atoms with Crippen molar-refractivity contribution >= 4 is 29.7 Å². The molecule has 1 atom stereocenters. The van der Waals surface area contributed by atoms with Gasteiger partial charge >= 0.3 is 5.97 Å². The summed E-state index contributed by atoms with van der Waals surface area (Å²) in [6.07, 6.45) is 0. The van der Waals surface area contributed by atoms with Crippen LogP contribution in [0, 0.1) is 0 Å². The average molecular weight is 222 g/mol. The fourth-order valence-corrected chi connectivity index (χ4v) is 1.68. The third kappa shape index (κ3) is 2.43. The van der Waals surface area contributed by atoms with Crippen molar-refractivity contribution in [3.63, 3.8) is 0 Å². The number of carbonyl (C=O) groups is 1. The summed E-state index contributed by atoms with van der Waals surface area (Å²) in [5.74, 6) is -0.412. The molecule has 0 amide bonds. The summed E-state index contributed by atoms with van der Waals surface area (Å²) in [7, 11) is 1.33. The summed E-state index contributed by atoms with van der Waals surface area (Å²) in [6.45, 7) is 1.64. The minimum atomic E-state index is -1.01. The topological polar surface area (TPSA) is 52.3 Å². The molecule has 1 rings (SSSR count). The average Bonchev–Trinajstić information content (AvgIpc) is 2.55. The Kier molecular flexibility index (Phi) is 4.39. The number of rotatable bonds is 2. The van der Waals surface area contributed by atoms with Gasteiger partial charge in [-0.3, -0.25) is 0 Å². The zero-order valence-corrected chi connectivity index (χ0v) is 9.08. The van der Waals surface area contributed by atoms with E-state index in [1.165, 1.54) is 18.4 Å². The maximum absolute atomic E-state index is 11.2. The molecule has 74 valence electrons. The largest absolute Gasteiger partial charge is 0.467 e. The minimum Gasteiger partial charge on any atom is -0.467 e. The van der Waals surface area contributed by atoms with E-state index < -0.39 is 11.5 Å². The Hall–Kier alpha value is -0.580. The quantitative estimate of drug-likeness (QED) is 0.771. The number of thiophene rings is 1. The maximum atomic E-state index is 11.2. The van der Waals surface area contributed by atoms with Crippen LogP contribution >= 0.6 is 23.7 Å². The molecule has 0 spiro atoms. The van der Waals surface area contributed by atoms with Crippen molar-refractivity contribution in [1.29, 1.82) is 0 Å². The second-order valence-electron chi connectivity index (χ2n) is 2.67. The van der Waals surface area contributed by atoms with Gasteiger partial charge < -0.3 is 10.5 Å². The number of carbonyl (C=O) groups excluding carboxylic acids is 1. The van der Waals surface area contributed by atoms with Gasteiger partial charge in [0.1, 0.15) is 5.54 Å². The van der Waals surface area contributed by atoms with E-state index in [-0.39, 0.29) is 12.4 Å². The zero-order chi connectivity index (χ0) is 9.19. The highest BCUT2D eigenvalue weighted by molar-refractivity contribution is 7.10. The first-order chi connectivity index (χ1) is 5.59. The summed E-state index contributed by atoms with van der Waals surface area (Å²) in [5.41, 5.74) is 4.76. The third-order valence-corrected chi connectivity index (χ3v) is 2.75. The molecular formula is C8H12ClNO2S. The number of hydrogen-bond acceptors (Lipinski definition) is 4. The smallest absolute Gasteiger partial charge is 0.331 e. The van der Waals surface area contributed by atoms with Gasteiger partial charge in [-0.1, -0.05) is 6.07 Å². The fraction of sp³-hybridized carbons (Fsp3) is 0.375. The number of hydrogen-bond donors (Lipinski definition) is 1. The van der Waals surface area contributed by atoms with Gasteiger partial charge in [-0.15, -0.1) is 23.7 Å². The van der Waals surface area contributed by atoms with Crippen LogP contribution in [-0.4, -0.2) is 13.1 Å². The second kappa shape index (κ2) is 4.60. The van der Waals surface area contributed by atoms with E-state index in [0.29, 0.717) is 0 Å². The van der Waals surface area contributed by atoms with Crippen molar-refractivity contribution in [3.8, 4) is 0 Å². The molecular weight excluding hydrogens is 210 g/mol. The van der Waals surface area contributed by atoms with Gasteiger partial charge in [0.05, 0.1) is 7.11 Å². The highest BCUT2D eigenvalue weighted by atomic mass is 35.5. The van der Waals surface area contributed by atoms with Crippen molar-refractivity contribution in [2.75, 3.05) is 7.11 Å². The van der Waals surface area contributed by atoms with Gasteiger partial charge in [-0.25, -0.2) is 4.79 Å². The van der Waals surface area contributed by atoms with Gasteiger partial charge in [-0.2, -0.15) is 0 Å². The molecule has 2 N–H and O–H groups in total. The van der Waals surface area contributed by atoms with E-state index >= 15 is 0 Å². The Morgan fingerprint density at radius 3 is 2.69 bits per heavy atom. The van der Waals surface area contributed by atoms with Crippen molar-refractivity contribution in [2.45, 2.75) is 12.5 Å². The Morgan fingerprint density at radius 2 is 2.31 bits per heavy atom. The monoisotopic (exact) mass is 221 g/mol. The molecule has 0 saturated heterocycles. The molecule has 1 heterocycles. The Labute approximate surface area is 87.3 Å². The van der Waals surface area contributed by atoms with Crippen LogP contribution < -0.4 is 5.73 Å². The molecule has 3 nitrogen and oxygen atoms in total. The molecule has 0 aromatic carbocycles. The fourth-order valence-electron chi connectivity index (χ4n) is 0.887. The Morgan fingerprint density at radius 1 is 1.69 bits per heavy atom. The highest BCUT2D eigenvalue weighted by Gasteiger charge is 2.32. The summed E-state index contributed by atoms with van der Waals surface area (Å²) < 4.78 is 4.58. The predicted octanol–water partition coefficient (Wildman–Crippen LogP) is 1.52. The van der Waals surface area contributed by atoms with Crippen molar-refractivity contribution < 1.29 is 9.53 Å². The summed E-state index contributed by atoms with van der Waals surface area (Å²) in [5, 5.41) is 1.88. The van der Waals surface area contributed by atoms with Crippen LogP contribution in [0.5, 0.6) is 0 Å². The lowest BCUT2D eigenvalue weighted by Gasteiger charge is -2.19. The van der Waals surface area contributed by atoms with E-state index in [4.69, 9.17) is 5.73 Å². The van der Waals surface area contributed by atoms with Crippen LogP contribution in [0.1, 0.15) is 11.8 Å². The molecule has 5 heteroatoms. The van der Waals surface area contributed by atoms with E-state index in [9.17, 15) is 4.79 Å². The first-order valence-electron chi connectivity index (χ1n) is 3.50. The number of methoxy groups -OCH3 is 1.